The predicted molar refractivity (Wildman–Crippen MR) is 64.8 cm³/mol. The first-order valence-corrected chi connectivity index (χ1v) is 5.56. The molecular formula is C13H8F4N2O2+. The highest BCUT2D eigenvalue weighted by Gasteiger charge is 2.33. The van der Waals surface area contributed by atoms with Crippen LogP contribution < -0.4 is 10.6 Å². The zero-order valence-corrected chi connectivity index (χ0v) is 10.3. The van der Waals surface area contributed by atoms with E-state index in [1.165, 1.54) is 12.1 Å². The van der Waals surface area contributed by atoms with Gasteiger partial charge in [0.15, 0.2) is 4.87 Å². The Morgan fingerprint density at radius 2 is 1.95 bits per heavy atom. The molecule has 2 aromatic carbocycles. The molecule has 0 fully saturated rings. The van der Waals surface area contributed by atoms with E-state index in [0.717, 1.165) is 24.3 Å². The Bertz CT molecular complexity index is 686. The summed E-state index contributed by atoms with van der Waals surface area (Å²) in [5.74, 6) is 3.34. The van der Waals surface area contributed by atoms with Crippen LogP contribution in [0, 0.1) is 16.8 Å². The Kier molecular flexibility index (Phi) is 3.79. The third-order valence-electron chi connectivity index (χ3n) is 2.51. The maximum Gasteiger partial charge on any atom is 0.573 e. The van der Waals surface area contributed by atoms with Gasteiger partial charge in [0.2, 0.25) is 0 Å². The first kappa shape index (κ1) is 14.8. The first-order chi connectivity index (χ1) is 9.78. The quantitative estimate of drug-likeness (QED) is 0.409. The number of halogens is 4. The number of alkyl halides is 3. The van der Waals surface area contributed by atoms with Gasteiger partial charge in [-0.2, -0.15) is 5.84 Å². The van der Waals surface area contributed by atoms with Gasteiger partial charge in [-0.1, -0.05) is 12.1 Å². The molecule has 0 aliphatic rings. The lowest BCUT2D eigenvalue weighted by atomic mass is 10.0. The minimum atomic E-state index is -4.97. The second-order valence-electron chi connectivity index (χ2n) is 3.95. The molecule has 8 heteroatoms. The Morgan fingerprint density at radius 3 is 2.57 bits per heavy atom. The van der Waals surface area contributed by atoms with Gasteiger partial charge in [0, 0.05) is 6.07 Å². The molecule has 1 radical (unpaired) electrons. The molecule has 0 bridgehead atoms. The van der Waals surface area contributed by atoms with Gasteiger partial charge in [0.1, 0.15) is 11.6 Å². The number of hydrogen-bond acceptors (Lipinski definition) is 2. The van der Waals surface area contributed by atoms with Crippen molar-refractivity contribution in [1.82, 2.24) is 0 Å². The maximum atomic E-state index is 13.9. The Balaban J connectivity index is 2.57. The van der Waals surface area contributed by atoms with Gasteiger partial charge in [0.25, 0.3) is 5.69 Å². The van der Waals surface area contributed by atoms with Gasteiger partial charge in [-0.25, -0.2) is 4.39 Å². The summed E-state index contributed by atoms with van der Waals surface area (Å²) >= 11 is 0. The van der Waals surface area contributed by atoms with E-state index in [4.69, 9.17) is 5.84 Å². The summed E-state index contributed by atoms with van der Waals surface area (Å²) in [5.41, 5.74) is -0.576. The molecule has 0 saturated heterocycles. The molecule has 0 atom stereocenters. The number of benzene rings is 2. The van der Waals surface area contributed by atoms with Gasteiger partial charge >= 0.3 is 6.36 Å². The van der Waals surface area contributed by atoms with Crippen LogP contribution in [0.3, 0.4) is 0 Å². The van der Waals surface area contributed by atoms with E-state index in [1.54, 1.807) is 0 Å². The summed E-state index contributed by atoms with van der Waals surface area (Å²) in [6, 6.07) is 9.14. The number of nitrogens with zero attached hydrogens (tertiary/aromatic N) is 1. The second-order valence-corrected chi connectivity index (χ2v) is 3.95. The average molecular weight is 300 g/mol. The van der Waals surface area contributed by atoms with Crippen LogP contribution >= 0.6 is 0 Å². The van der Waals surface area contributed by atoms with Crippen LogP contribution in [0.25, 0.3) is 11.1 Å². The number of rotatable bonds is 3. The van der Waals surface area contributed by atoms with Crippen molar-refractivity contribution in [3.05, 3.63) is 53.2 Å². The van der Waals surface area contributed by atoms with Gasteiger partial charge in [-0.3, -0.25) is 0 Å². The minimum absolute atomic E-state index is 0.00685. The number of ether oxygens (including phenoxy) is 1. The molecule has 0 aromatic heterocycles. The highest BCUT2D eigenvalue weighted by atomic mass is 19.4. The standard InChI is InChI=1S/C13H8F4N2O2/c14-10-5-2-6-11(21-13(15,16)17)12(10)8-3-1-4-9(7-8)19(18)20/h1-3,5-7H,(H2,18,20)/q+1. The van der Waals surface area contributed by atoms with Gasteiger partial charge in [-0.15, -0.1) is 13.2 Å². The number of nitrogens with two attached hydrogens (primary N) is 1. The maximum absolute atomic E-state index is 13.9. The molecule has 0 aliphatic heterocycles. The molecule has 21 heavy (non-hydrogen) atoms. The fourth-order valence-electron chi connectivity index (χ4n) is 1.73. The van der Waals surface area contributed by atoms with Gasteiger partial charge < -0.3 is 4.74 Å². The molecule has 0 heterocycles. The molecule has 2 N–H and O–H groups in total. The van der Waals surface area contributed by atoms with Crippen LogP contribution in [0.1, 0.15) is 0 Å². The fourth-order valence-corrected chi connectivity index (χ4v) is 1.73. The Morgan fingerprint density at radius 1 is 1.24 bits per heavy atom. The van der Waals surface area contributed by atoms with Gasteiger partial charge in [0.05, 0.1) is 16.5 Å². The SMILES string of the molecule is N[N+](=O)c1[c]ccc(-c2c(F)cccc2OC(F)(F)F)c1. The van der Waals surface area contributed by atoms with Crippen molar-refractivity contribution in [3.63, 3.8) is 0 Å². The lowest BCUT2D eigenvalue weighted by molar-refractivity contribution is -0.475. The zero-order chi connectivity index (χ0) is 15.6. The number of nitroso groups, excluding NO2 is 1. The molecule has 0 saturated carbocycles. The third-order valence-corrected chi connectivity index (χ3v) is 2.51. The number of hydrogen-bond donors (Lipinski definition) is 1. The van der Waals surface area contributed by atoms with Crippen molar-refractivity contribution >= 4 is 5.69 Å². The zero-order valence-electron chi connectivity index (χ0n) is 10.3. The highest BCUT2D eigenvalue weighted by Crippen LogP contribution is 2.36. The van der Waals surface area contributed by atoms with Crippen LogP contribution in [0.15, 0.2) is 36.4 Å². The van der Waals surface area contributed by atoms with E-state index in [1.807, 2.05) is 0 Å². The summed E-state index contributed by atoms with van der Waals surface area (Å²) < 4.78 is 54.7. The summed E-state index contributed by atoms with van der Waals surface area (Å²) in [6.07, 6.45) is -4.97. The van der Waals surface area contributed by atoms with Crippen LogP contribution in [0.5, 0.6) is 5.75 Å². The Labute approximate surface area is 116 Å². The van der Waals surface area contributed by atoms with E-state index >= 15 is 0 Å². The van der Waals surface area contributed by atoms with Crippen LogP contribution in [0.2, 0.25) is 0 Å². The monoisotopic (exact) mass is 300 g/mol. The highest BCUT2D eigenvalue weighted by molar-refractivity contribution is 5.72. The van der Waals surface area contributed by atoms with E-state index in [9.17, 15) is 22.5 Å². The lowest BCUT2D eigenvalue weighted by Crippen LogP contribution is -2.18. The van der Waals surface area contributed by atoms with E-state index in [2.05, 4.69) is 10.8 Å². The van der Waals surface area contributed by atoms with Crippen molar-refractivity contribution in [1.29, 1.82) is 0 Å². The van der Waals surface area contributed by atoms with E-state index in [-0.39, 0.29) is 16.1 Å². The van der Waals surface area contributed by atoms with Crippen molar-refractivity contribution in [3.8, 4) is 16.9 Å². The predicted octanol–water partition coefficient (Wildman–Crippen LogP) is 3.48. The fraction of sp³-hybridized carbons (Fsp3) is 0.0769. The van der Waals surface area contributed by atoms with Crippen molar-refractivity contribution < 1.29 is 27.2 Å². The molecule has 0 amide bonds. The Hall–Kier alpha value is -2.64. The summed E-state index contributed by atoms with van der Waals surface area (Å²) in [4.78, 5) is 11.0. The third kappa shape index (κ3) is 3.47. The van der Waals surface area contributed by atoms with Gasteiger partial charge in [-0.05, 0) is 23.8 Å². The van der Waals surface area contributed by atoms with Crippen molar-refractivity contribution in [2.75, 3.05) is 0 Å². The average Bonchev–Trinajstić information content (AvgIpc) is 2.37. The second kappa shape index (κ2) is 5.39. The molecule has 109 valence electrons. The molecule has 2 rings (SSSR count). The molecule has 2 aromatic rings. The summed E-state index contributed by atoms with van der Waals surface area (Å²) in [5, 5.41) is 0. The van der Waals surface area contributed by atoms with Crippen LogP contribution in [0.4, 0.5) is 23.2 Å². The van der Waals surface area contributed by atoms with Crippen molar-refractivity contribution in [2.45, 2.75) is 6.36 Å². The van der Waals surface area contributed by atoms with Crippen LogP contribution in [-0.2, 0) is 0 Å². The summed E-state index contributed by atoms with van der Waals surface area (Å²) in [7, 11) is 0. The first-order valence-electron chi connectivity index (χ1n) is 5.56. The minimum Gasteiger partial charge on any atom is -0.405 e. The van der Waals surface area contributed by atoms with E-state index < -0.39 is 23.5 Å². The molecule has 0 spiro atoms. The number of hydrazine groups is 1. The molecule has 0 unspecified atom stereocenters. The largest absolute Gasteiger partial charge is 0.573 e. The van der Waals surface area contributed by atoms with E-state index in [0.29, 0.717) is 0 Å². The topological polar surface area (TPSA) is 55.3 Å². The molecular weight excluding hydrogens is 292 g/mol. The molecule has 0 aliphatic carbocycles. The normalized spacial score (nSPS) is 11.2. The smallest absolute Gasteiger partial charge is 0.405 e. The van der Waals surface area contributed by atoms with Crippen LogP contribution in [-0.4, -0.2) is 11.2 Å². The lowest BCUT2D eigenvalue weighted by Gasteiger charge is -2.13. The summed E-state index contributed by atoms with van der Waals surface area (Å²) in [6.45, 7) is 0. The van der Waals surface area contributed by atoms with Crippen molar-refractivity contribution in [2.24, 2.45) is 5.84 Å². The molecule has 4 nitrogen and oxygen atoms in total.